The zero-order valence-corrected chi connectivity index (χ0v) is 8.54. The molecular weight excluding hydrogens is 194 g/mol. The van der Waals surface area contributed by atoms with E-state index < -0.39 is 0 Å². The van der Waals surface area contributed by atoms with Crippen LogP contribution in [0.25, 0.3) is 0 Å². The molecule has 0 aliphatic carbocycles. The average molecular weight is 207 g/mol. The van der Waals surface area contributed by atoms with Gasteiger partial charge in [-0.3, -0.25) is 9.36 Å². The first-order chi connectivity index (χ1) is 7.34. The van der Waals surface area contributed by atoms with Crippen LogP contribution in [0.1, 0.15) is 5.69 Å². The van der Waals surface area contributed by atoms with E-state index in [1.54, 1.807) is 15.6 Å². The minimum Gasteiger partial charge on any atom is -0.309 e. The van der Waals surface area contributed by atoms with E-state index in [9.17, 15) is 0 Å². The Morgan fingerprint density at radius 3 is 3.00 bits per heavy atom. The summed E-state index contributed by atoms with van der Waals surface area (Å²) in [5.74, 6) is 0. The Morgan fingerprint density at radius 2 is 2.33 bits per heavy atom. The van der Waals surface area contributed by atoms with Gasteiger partial charge in [-0.15, -0.1) is 10.2 Å². The van der Waals surface area contributed by atoms with E-state index in [0.29, 0.717) is 0 Å². The molecule has 2 aromatic rings. The smallest absolute Gasteiger partial charge is 0.0964 e. The summed E-state index contributed by atoms with van der Waals surface area (Å²) < 4.78 is 3.47. The zero-order chi connectivity index (χ0) is 10.5. The van der Waals surface area contributed by atoms with Crippen molar-refractivity contribution in [2.45, 2.75) is 13.1 Å². The van der Waals surface area contributed by atoms with Gasteiger partial charge in [0.2, 0.25) is 0 Å². The Morgan fingerprint density at radius 1 is 1.40 bits per heavy atom. The van der Waals surface area contributed by atoms with E-state index >= 15 is 0 Å². The quantitative estimate of drug-likeness (QED) is 0.649. The van der Waals surface area contributed by atoms with Crippen molar-refractivity contribution in [2.75, 3.05) is 6.54 Å². The summed E-state index contributed by atoms with van der Waals surface area (Å²) in [5.41, 5.74) is 0.941. The lowest BCUT2D eigenvalue weighted by Gasteiger charge is -2.01. The van der Waals surface area contributed by atoms with E-state index in [1.807, 2.05) is 19.4 Å². The molecule has 0 aliphatic rings. The van der Waals surface area contributed by atoms with Crippen LogP contribution < -0.4 is 5.32 Å². The van der Waals surface area contributed by atoms with Crippen molar-refractivity contribution in [2.24, 2.45) is 7.05 Å². The summed E-state index contributed by atoms with van der Waals surface area (Å²) in [7, 11) is 1.85. The Balaban J connectivity index is 1.67. The molecule has 2 heterocycles. The number of nitrogens with one attached hydrogen (secondary N) is 1. The molecule has 0 saturated carbocycles. The van der Waals surface area contributed by atoms with E-state index in [4.69, 9.17) is 0 Å². The van der Waals surface area contributed by atoms with Gasteiger partial charge in [0.15, 0.2) is 0 Å². The van der Waals surface area contributed by atoms with Crippen LogP contribution in [0.3, 0.4) is 0 Å². The molecule has 2 rings (SSSR count). The number of aryl methyl sites for hydroxylation is 1. The molecule has 2 aromatic heterocycles. The fourth-order valence-corrected chi connectivity index (χ4v) is 1.24. The highest BCUT2D eigenvalue weighted by Gasteiger charge is 1.97. The van der Waals surface area contributed by atoms with Gasteiger partial charge in [0.1, 0.15) is 0 Å². The second-order valence-corrected chi connectivity index (χ2v) is 3.23. The van der Waals surface area contributed by atoms with Crippen LogP contribution in [-0.2, 0) is 20.1 Å². The second-order valence-electron chi connectivity index (χ2n) is 3.23. The molecule has 0 unspecified atom stereocenters. The molecule has 7 nitrogen and oxygen atoms in total. The first kappa shape index (κ1) is 9.78. The number of rotatable bonds is 5. The lowest BCUT2D eigenvalue weighted by Crippen LogP contribution is -2.20. The first-order valence-corrected chi connectivity index (χ1v) is 4.74. The molecule has 0 saturated heterocycles. The Hall–Kier alpha value is -1.76. The molecule has 0 spiro atoms. The molecule has 80 valence electrons. The van der Waals surface area contributed by atoms with Crippen molar-refractivity contribution in [1.29, 1.82) is 0 Å². The lowest BCUT2D eigenvalue weighted by atomic mass is 10.4. The molecule has 1 N–H and O–H groups in total. The maximum absolute atomic E-state index is 3.97. The summed E-state index contributed by atoms with van der Waals surface area (Å²) in [4.78, 5) is 0. The van der Waals surface area contributed by atoms with Crippen molar-refractivity contribution in [3.8, 4) is 0 Å². The highest BCUT2D eigenvalue weighted by molar-refractivity contribution is 4.90. The number of hydrogen-bond donors (Lipinski definition) is 1. The summed E-state index contributed by atoms with van der Waals surface area (Å²) in [5, 5.41) is 18.6. The van der Waals surface area contributed by atoms with Crippen molar-refractivity contribution in [1.82, 2.24) is 35.3 Å². The maximum Gasteiger partial charge on any atom is 0.0964 e. The van der Waals surface area contributed by atoms with Crippen molar-refractivity contribution >= 4 is 0 Å². The van der Waals surface area contributed by atoms with Crippen LogP contribution in [-0.4, -0.2) is 36.5 Å². The van der Waals surface area contributed by atoms with Crippen molar-refractivity contribution in [3.63, 3.8) is 0 Å². The fraction of sp³-hybridized carbons (Fsp3) is 0.500. The van der Waals surface area contributed by atoms with Crippen LogP contribution >= 0.6 is 0 Å². The van der Waals surface area contributed by atoms with Gasteiger partial charge in [-0.2, -0.15) is 0 Å². The van der Waals surface area contributed by atoms with Gasteiger partial charge < -0.3 is 5.32 Å². The standard InChI is InChI=1S/C8H13N7/c1-14-7-8(11-13-14)6-9-2-4-15-5-3-10-12-15/h3,5,7,9H,2,4,6H2,1H3. The van der Waals surface area contributed by atoms with Crippen LogP contribution in [0.15, 0.2) is 18.6 Å². The average Bonchev–Trinajstić information content (AvgIpc) is 2.84. The largest absolute Gasteiger partial charge is 0.309 e. The third-order valence-electron chi connectivity index (χ3n) is 1.95. The van der Waals surface area contributed by atoms with Crippen molar-refractivity contribution in [3.05, 3.63) is 24.3 Å². The number of aromatic nitrogens is 6. The van der Waals surface area contributed by atoms with E-state index in [0.717, 1.165) is 25.3 Å². The fourth-order valence-electron chi connectivity index (χ4n) is 1.24. The predicted molar refractivity (Wildman–Crippen MR) is 52.7 cm³/mol. The first-order valence-electron chi connectivity index (χ1n) is 4.74. The number of hydrogen-bond acceptors (Lipinski definition) is 5. The lowest BCUT2D eigenvalue weighted by molar-refractivity contribution is 0.537. The second kappa shape index (κ2) is 4.65. The van der Waals surface area contributed by atoms with Crippen LogP contribution in [0.5, 0.6) is 0 Å². The predicted octanol–water partition coefficient (Wildman–Crippen LogP) is -0.804. The summed E-state index contributed by atoms with van der Waals surface area (Å²) in [6, 6.07) is 0. The van der Waals surface area contributed by atoms with Crippen LogP contribution in [0, 0.1) is 0 Å². The monoisotopic (exact) mass is 207 g/mol. The Kier molecular flexibility index (Phi) is 3.03. The molecular formula is C8H13N7. The molecule has 0 aliphatic heterocycles. The molecule has 0 atom stereocenters. The Bertz CT molecular complexity index is 391. The van der Waals surface area contributed by atoms with Gasteiger partial charge in [0, 0.05) is 32.5 Å². The number of nitrogens with zero attached hydrogens (tertiary/aromatic N) is 6. The molecule has 0 amide bonds. The van der Waals surface area contributed by atoms with Crippen molar-refractivity contribution < 1.29 is 0 Å². The molecule has 0 fully saturated rings. The Labute approximate surface area is 87.1 Å². The molecule has 0 aromatic carbocycles. The normalized spacial score (nSPS) is 10.7. The maximum atomic E-state index is 3.97. The SMILES string of the molecule is Cn1cc(CNCCn2ccnn2)nn1. The summed E-state index contributed by atoms with van der Waals surface area (Å²) in [6.07, 6.45) is 5.40. The minimum atomic E-state index is 0.725. The highest BCUT2D eigenvalue weighted by atomic mass is 15.4. The van der Waals surface area contributed by atoms with E-state index in [2.05, 4.69) is 25.9 Å². The van der Waals surface area contributed by atoms with Crippen LogP contribution in [0.2, 0.25) is 0 Å². The van der Waals surface area contributed by atoms with Gasteiger partial charge in [-0.05, 0) is 0 Å². The minimum absolute atomic E-state index is 0.725. The zero-order valence-electron chi connectivity index (χ0n) is 8.54. The van der Waals surface area contributed by atoms with Crippen LogP contribution in [0.4, 0.5) is 0 Å². The third-order valence-corrected chi connectivity index (χ3v) is 1.95. The van der Waals surface area contributed by atoms with E-state index in [-0.39, 0.29) is 0 Å². The van der Waals surface area contributed by atoms with Gasteiger partial charge in [0.05, 0.1) is 18.4 Å². The van der Waals surface area contributed by atoms with Gasteiger partial charge >= 0.3 is 0 Å². The molecule has 15 heavy (non-hydrogen) atoms. The van der Waals surface area contributed by atoms with Gasteiger partial charge in [-0.25, -0.2) is 0 Å². The summed E-state index contributed by atoms with van der Waals surface area (Å²) in [6.45, 7) is 2.36. The topological polar surface area (TPSA) is 73.5 Å². The van der Waals surface area contributed by atoms with Gasteiger partial charge in [0.25, 0.3) is 0 Å². The molecule has 0 radical (unpaired) electrons. The summed E-state index contributed by atoms with van der Waals surface area (Å²) >= 11 is 0. The highest BCUT2D eigenvalue weighted by Crippen LogP contribution is 1.89. The third kappa shape index (κ3) is 2.84. The van der Waals surface area contributed by atoms with Gasteiger partial charge in [-0.1, -0.05) is 10.4 Å². The van der Waals surface area contributed by atoms with E-state index in [1.165, 1.54) is 0 Å². The molecule has 7 heteroatoms. The molecule has 0 bridgehead atoms.